The second kappa shape index (κ2) is 10.9. The molecule has 1 N–H and O–H groups in total. The van der Waals surface area contributed by atoms with E-state index in [0.717, 1.165) is 51.8 Å². The zero-order chi connectivity index (χ0) is 27.7. The van der Waals surface area contributed by atoms with Crippen LogP contribution in [0.5, 0.6) is 11.5 Å². The van der Waals surface area contributed by atoms with Gasteiger partial charge in [0.2, 0.25) is 0 Å². The molecule has 0 radical (unpaired) electrons. The largest absolute Gasteiger partial charge is 0.507 e. The van der Waals surface area contributed by atoms with E-state index in [1.807, 2.05) is 0 Å². The Balaban J connectivity index is 1.39. The normalized spacial score (nSPS) is 21.8. The van der Waals surface area contributed by atoms with Crippen molar-refractivity contribution < 1.29 is 27.4 Å². The van der Waals surface area contributed by atoms with Gasteiger partial charge in [0.05, 0.1) is 24.9 Å². The van der Waals surface area contributed by atoms with Crippen molar-refractivity contribution in [3.05, 3.63) is 42.4 Å². The van der Waals surface area contributed by atoms with Crippen LogP contribution in [0.1, 0.15) is 57.6 Å². The van der Waals surface area contributed by atoms with Crippen LogP contribution in [-0.4, -0.2) is 50.6 Å². The minimum absolute atomic E-state index is 0.168. The van der Waals surface area contributed by atoms with E-state index in [1.165, 1.54) is 12.1 Å². The molecule has 0 aliphatic heterocycles. The van der Waals surface area contributed by atoms with Gasteiger partial charge in [0.25, 0.3) is 0 Å². The number of aromatic hydroxyl groups is 1. The maximum atomic E-state index is 15.2. The molecule has 2 aromatic heterocycles. The Hall–Kier alpha value is -3.50. The third-order valence-electron chi connectivity index (χ3n) is 7.69. The molecule has 208 valence electrons. The van der Waals surface area contributed by atoms with Gasteiger partial charge in [0.15, 0.2) is 17.3 Å². The van der Waals surface area contributed by atoms with Gasteiger partial charge in [-0.25, -0.2) is 14.4 Å². The van der Waals surface area contributed by atoms with Gasteiger partial charge in [-0.3, -0.25) is 0 Å². The van der Waals surface area contributed by atoms with Gasteiger partial charge in [-0.2, -0.15) is 13.2 Å². The van der Waals surface area contributed by atoms with Crippen LogP contribution >= 0.6 is 0 Å². The zero-order valence-electron chi connectivity index (χ0n) is 21.8. The highest BCUT2D eigenvalue weighted by molar-refractivity contribution is 5.73. The van der Waals surface area contributed by atoms with Crippen LogP contribution in [-0.2, 0) is 6.18 Å². The smallest absolute Gasteiger partial charge is 0.437 e. The fourth-order valence-electron chi connectivity index (χ4n) is 5.42. The summed E-state index contributed by atoms with van der Waals surface area (Å²) in [7, 11) is 1.14. The molecule has 2 aliphatic carbocycles. The summed E-state index contributed by atoms with van der Waals surface area (Å²) in [6, 6.07) is 5.78. The third kappa shape index (κ3) is 5.77. The standard InChI is InChI=1S/C28H31F4N5O2/c1-3-16-5-4-6-21(29)22(11-16)37(19-8-9-19)25-15-34-27(36-35-25)20-10-7-17(12-23(20)38)18-13-24(39-2)26(33-14-18)28(30,31)32/h7,10,12-16,19,21-22,38H,3-6,8-9,11H2,1-2H3/t16-,21+,22-/m1/s1. The van der Waals surface area contributed by atoms with Crippen LogP contribution in [0.2, 0.25) is 0 Å². The van der Waals surface area contributed by atoms with Gasteiger partial charge in [0.1, 0.15) is 17.7 Å². The maximum Gasteiger partial charge on any atom is 0.437 e. The van der Waals surface area contributed by atoms with Gasteiger partial charge in [0, 0.05) is 17.8 Å². The fraction of sp³-hybridized carbons (Fsp3) is 0.500. The van der Waals surface area contributed by atoms with Crippen molar-refractivity contribution in [2.45, 2.75) is 76.3 Å². The molecule has 0 bridgehead atoms. The molecule has 5 rings (SSSR count). The molecular formula is C28H31F4N5O2. The SMILES string of the molecule is CC[C@@H]1CCC[C@H](F)[C@H](N(c2cnc(-c3ccc(-c4cnc(C(F)(F)F)c(OC)c4)cc3O)nn2)C2CC2)C1. The van der Waals surface area contributed by atoms with Gasteiger partial charge in [-0.05, 0) is 55.4 Å². The van der Waals surface area contributed by atoms with Crippen molar-refractivity contribution in [1.82, 2.24) is 20.2 Å². The Kier molecular flexibility index (Phi) is 7.59. The average Bonchev–Trinajstić information content (AvgIpc) is 3.77. The second-order valence-electron chi connectivity index (χ2n) is 10.3. The lowest BCUT2D eigenvalue weighted by Crippen LogP contribution is -2.44. The van der Waals surface area contributed by atoms with Gasteiger partial charge >= 0.3 is 6.18 Å². The maximum absolute atomic E-state index is 15.2. The first-order chi connectivity index (χ1) is 18.7. The Labute approximate surface area is 224 Å². The van der Waals surface area contributed by atoms with E-state index in [-0.39, 0.29) is 23.7 Å². The number of phenolic OH excluding ortho intramolecular Hbond substituents is 1. The van der Waals surface area contributed by atoms with Crippen molar-refractivity contribution >= 4 is 5.82 Å². The molecule has 2 saturated carbocycles. The van der Waals surface area contributed by atoms with E-state index >= 15 is 4.39 Å². The first-order valence-corrected chi connectivity index (χ1v) is 13.3. The number of hydrogen-bond acceptors (Lipinski definition) is 7. The number of anilines is 1. The summed E-state index contributed by atoms with van der Waals surface area (Å²) in [6.07, 6.45) is 3.32. The molecular weight excluding hydrogens is 514 g/mol. The highest BCUT2D eigenvalue weighted by atomic mass is 19.4. The predicted molar refractivity (Wildman–Crippen MR) is 138 cm³/mol. The van der Waals surface area contributed by atoms with Crippen LogP contribution in [0.3, 0.4) is 0 Å². The number of nitrogens with zero attached hydrogens (tertiary/aromatic N) is 5. The van der Waals surface area contributed by atoms with E-state index in [1.54, 1.807) is 18.3 Å². The number of alkyl halides is 4. The number of aromatic nitrogens is 4. The summed E-state index contributed by atoms with van der Waals surface area (Å²) in [4.78, 5) is 10.0. The molecule has 0 amide bonds. The number of hydrogen-bond donors (Lipinski definition) is 1. The van der Waals surface area contributed by atoms with Crippen molar-refractivity contribution in [3.8, 4) is 34.0 Å². The lowest BCUT2D eigenvalue weighted by atomic mass is 9.94. The Morgan fingerprint density at radius 1 is 1.03 bits per heavy atom. The number of pyridine rings is 1. The van der Waals surface area contributed by atoms with E-state index < -0.39 is 23.8 Å². The van der Waals surface area contributed by atoms with Gasteiger partial charge in [-0.1, -0.05) is 32.3 Å². The monoisotopic (exact) mass is 545 g/mol. The Morgan fingerprint density at radius 2 is 1.82 bits per heavy atom. The molecule has 39 heavy (non-hydrogen) atoms. The van der Waals surface area contributed by atoms with Crippen molar-refractivity contribution in [2.24, 2.45) is 5.92 Å². The quantitative estimate of drug-likeness (QED) is 0.264. The second-order valence-corrected chi connectivity index (χ2v) is 10.3. The van der Waals surface area contributed by atoms with E-state index in [2.05, 4.69) is 32.0 Å². The average molecular weight is 546 g/mol. The summed E-state index contributed by atoms with van der Waals surface area (Å²) in [6.45, 7) is 2.15. The molecule has 2 fully saturated rings. The summed E-state index contributed by atoms with van der Waals surface area (Å²) >= 11 is 0. The number of halogens is 4. The van der Waals surface area contributed by atoms with E-state index in [0.29, 0.717) is 34.8 Å². The molecule has 0 spiro atoms. The van der Waals surface area contributed by atoms with Crippen molar-refractivity contribution in [3.63, 3.8) is 0 Å². The fourth-order valence-corrected chi connectivity index (χ4v) is 5.42. The van der Waals surface area contributed by atoms with Crippen molar-refractivity contribution in [2.75, 3.05) is 12.0 Å². The third-order valence-corrected chi connectivity index (χ3v) is 7.69. The number of rotatable bonds is 7. The molecule has 7 nitrogen and oxygen atoms in total. The van der Waals surface area contributed by atoms with Gasteiger partial charge < -0.3 is 14.7 Å². The molecule has 1 aromatic carbocycles. The van der Waals surface area contributed by atoms with Crippen LogP contribution in [0.15, 0.2) is 36.7 Å². The van der Waals surface area contributed by atoms with Crippen LogP contribution < -0.4 is 9.64 Å². The Bertz CT molecular complexity index is 1300. The lowest BCUT2D eigenvalue weighted by Gasteiger charge is -2.35. The summed E-state index contributed by atoms with van der Waals surface area (Å²) < 4.78 is 59.6. The minimum Gasteiger partial charge on any atom is -0.507 e. The molecule has 0 saturated heterocycles. The molecule has 3 atom stereocenters. The van der Waals surface area contributed by atoms with Crippen LogP contribution in [0.4, 0.5) is 23.4 Å². The number of phenols is 1. The van der Waals surface area contributed by atoms with Crippen molar-refractivity contribution in [1.29, 1.82) is 0 Å². The first kappa shape index (κ1) is 27.1. The summed E-state index contributed by atoms with van der Waals surface area (Å²) in [5, 5.41) is 19.4. The van der Waals surface area contributed by atoms with E-state index in [9.17, 15) is 18.3 Å². The van der Waals surface area contributed by atoms with Crippen LogP contribution in [0, 0.1) is 5.92 Å². The van der Waals surface area contributed by atoms with Gasteiger partial charge in [-0.15, -0.1) is 10.2 Å². The highest BCUT2D eigenvalue weighted by Gasteiger charge is 2.41. The number of methoxy groups -OCH3 is 1. The lowest BCUT2D eigenvalue weighted by molar-refractivity contribution is -0.142. The zero-order valence-corrected chi connectivity index (χ0v) is 21.8. The minimum atomic E-state index is -4.65. The highest BCUT2D eigenvalue weighted by Crippen LogP contribution is 2.40. The van der Waals surface area contributed by atoms with E-state index in [4.69, 9.17) is 4.74 Å². The molecule has 11 heteroatoms. The van der Waals surface area contributed by atoms with Crippen LogP contribution in [0.25, 0.3) is 22.5 Å². The molecule has 3 aromatic rings. The molecule has 0 unspecified atom stereocenters. The summed E-state index contributed by atoms with van der Waals surface area (Å²) in [5.74, 6) is 0.614. The summed E-state index contributed by atoms with van der Waals surface area (Å²) in [5.41, 5.74) is -0.0344. The topological polar surface area (TPSA) is 84.3 Å². The number of ether oxygens (including phenoxy) is 1. The number of benzene rings is 1. The predicted octanol–water partition coefficient (Wildman–Crippen LogP) is 6.61. The molecule has 2 aliphatic rings. The molecule has 2 heterocycles. The first-order valence-electron chi connectivity index (χ1n) is 13.3. The Morgan fingerprint density at radius 3 is 2.44 bits per heavy atom.